The fraction of sp³-hybridized carbons (Fsp3) is 0.917. The van der Waals surface area contributed by atoms with Gasteiger partial charge in [-0.05, 0) is 30.1 Å². The maximum Gasteiger partial charge on any atom is 0.160 e. The van der Waals surface area contributed by atoms with Crippen molar-refractivity contribution < 1.29 is 4.79 Å². The van der Waals surface area contributed by atoms with Crippen molar-refractivity contribution in [2.24, 2.45) is 17.3 Å². The largest absolute Gasteiger partial charge is 0.297 e. The van der Waals surface area contributed by atoms with Crippen molar-refractivity contribution >= 4 is 37.6 Å². The van der Waals surface area contributed by atoms with Crippen LogP contribution in [0.4, 0.5) is 0 Å². The van der Waals surface area contributed by atoms with Crippen LogP contribution >= 0.6 is 31.9 Å². The van der Waals surface area contributed by atoms with Gasteiger partial charge in [0.05, 0.1) is 9.65 Å². The molecule has 2 aliphatic rings. The standard InChI is InChI=1S/C12H18Br2O/c1-7-9(13)11(15)10(14)8(2)12(7)5-3-4-6-12/h7-10H,3-6H2,1-2H3/t7-,8-,9-,10+/m1/s1. The number of alkyl halides is 2. The summed E-state index contributed by atoms with van der Waals surface area (Å²) < 4.78 is 0. The van der Waals surface area contributed by atoms with E-state index >= 15 is 0 Å². The third-order valence-electron chi connectivity index (χ3n) is 4.77. The van der Waals surface area contributed by atoms with Gasteiger partial charge in [-0.2, -0.15) is 0 Å². The first-order valence-corrected chi connectivity index (χ1v) is 7.66. The van der Waals surface area contributed by atoms with E-state index in [2.05, 4.69) is 45.7 Å². The summed E-state index contributed by atoms with van der Waals surface area (Å²) in [5, 5.41) is 0. The SMILES string of the molecule is C[C@@H]1[C@H](Br)C(=O)[C@H](Br)[C@@H](C)C12CCCC2. The van der Waals surface area contributed by atoms with E-state index in [1.54, 1.807) is 0 Å². The minimum atomic E-state index is 0.0520. The van der Waals surface area contributed by atoms with Gasteiger partial charge >= 0.3 is 0 Å². The lowest BCUT2D eigenvalue weighted by Gasteiger charge is -2.49. The van der Waals surface area contributed by atoms with E-state index in [9.17, 15) is 4.79 Å². The Morgan fingerprint density at radius 1 is 1.07 bits per heavy atom. The molecule has 0 amide bonds. The molecule has 3 heteroatoms. The van der Waals surface area contributed by atoms with Crippen LogP contribution in [0.2, 0.25) is 0 Å². The molecule has 0 N–H and O–H groups in total. The second-order valence-electron chi connectivity index (χ2n) is 5.22. The van der Waals surface area contributed by atoms with Crippen LogP contribution in [-0.4, -0.2) is 15.4 Å². The molecule has 86 valence electrons. The first-order valence-electron chi connectivity index (χ1n) is 5.82. The number of carbonyl (C=O) groups excluding carboxylic acids is 1. The Labute approximate surface area is 109 Å². The summed E-state index contributed by atoms with van der Waals surface area (Å²) in [6.45, 7) is 4.50. The van der Waals surface area contributed by atoms with Gasteiger partial charge in [0.1, 0.15) is 0 Å². The number of rotatable bonds is 0. The molecule has 2 rings (SSSR count). The fourth-order valence-corrected chi connectivity index (χ4v) is 5.56. The van der Waals surface area contributed by atoms with Crippen molar-refractivity contribution in [2.75, 3.05) is 0 Å². The maximum atomic E-state index is 12.0. The molecule has 0 aromatic heterocycles. The number of ketones is 1. The normalized spacial score (nSPS) is 44.9. The van der Waals surface area contributed by atoms with Crippen LogP contribution in [0.15, 0.2) is 0 Å². The monoisotopic (exact) mass is 336 g/mol. The average Bonchev–Trinajstić information content (AvgIpc) is 2.72. The molecule has 0 aromatic carbocycles. The molecule has 1 nitrogen and oxygen atoms in total. The Hall–Kier alpha value is 0.630. The zero-order chi connectivity index (χ0) is 11.2. The molecule has 15 heavy (non-hydrogen) atoms. The van der Waals surface area contributed by atoms with Crippen LogP contribution in [-0.2, 0) is 4.79 Å². The number of carbonyl (C=O) groups is 1. The highest BCUT2D eigenvalue weighted by atomic mass is 79.9. The van der Waals surface area contributed by atoms with E-state index in [0.717, 1.165) is 0 Å². The summed E-state index contributed by atoms with van der Waals surface area (Å²) in [7, 11) is 0. The molecule has 0 unspecified atom stereocenters. The van der Waals surface area contributed by atoms with Crippen molar-refractivity contribution in [3.8, 4) is 0 Å². The molecule has 0 heterocycles. The minimum Gasteiger partial charge on any atom is -0.297 e. The fourth-order valence-electron chi connectivity index (χ4n) is 3.59. The van der Waals surface area contributed by atoms with Crippen LogP contribution < -0.4 is 0 Å². The van der Waals surface area contributed by atoms with E-state index in [1.165, 1.54) is 25.7 Å². The van der Waals surface area contributed by atoms with Gasteiger partial charge < -0.3 is 0 Å². The molecule has 2 saturated carbocycles. The van der Waals surface area contributed by atoms with Crippen LogP contribution in [0.5, 0.6) is 0 Å². The van der Waals surface area contributed by atoms with Gasteiger partial charge in [-0.25, -0.2) is 0 Å². The number of hydrogen-bond acceptors (Lipinski definition) is 1. The molecule has 0 radical (unpaired) electrons. The Bertz CT molecular complexity index is 251. The quantitative estimate of drug-likeness (QED) is 0.612. The predicted molar refractivity (Wildman–Crippen MR) is 69.7 cm³/mol. The van der Waals surface area contributed by atoms with Crippen LogP contribution in [0, 0.1) is 17.3 Å². The molecular formula is C12H18Br2O. The van der Waals surface area contributed by atoms with Gasteiger partial charge in [-0.15, -0.1) is 0 Å². The second kappa shape index (κ2) is 4.14. The van der Waals surface area contributed by atoms with Gasteiger partial charge in [0.15, 0.2) is 5.78 Å². The zero-order valence-electron chi connectivity index (χ0n) is 9.30. The Kier molecular flexibility index (Phi) is 3.34. The van der Waals surface area contributed by atoms with Gasteiger partial charge in [-0.3, -0.25) is 4.79 Å². The van der Waals surface area contributed by atoms with Gasteiger partial charge in [-0.1, -0.05) is 58.5 Å². The summed E-state index contributed by atoms with van der Waals surface area (Å²) in [4.78, 5) is 12.1. The lowest BCUT2D eigenvalue weighted by atomic mass is 9.60. The third kappa shape index (κ3) is 1.65. The summed E-state index contributed by atoms with van der Waals surface area (Å²) in [5.41, 5.74) is 0.399. The number of halogens is 2. The molecule has 4 atom stereocenters. The van der Waals surface area contributed by atoms with E-state index in [1.807, 2.05) is 0 Å². The summed E-state index contributed by atoms with van der Waals surface area (Å²) in [6, 6.07) is 0. The van der Waals surface area contributed by atoms with E-state index < -0.39 is 0 Å². The molecule has 0 bridgehead atoms. The molecular weight excluding hydrogens is 320 g/mol. The van der Waals surface area contributed by atoms with Crippen LogP contribution in [0.3, 0.4) is 0 Å². The maximum absolute atomic E-state index is 12.0. The number of Topliss-reactive ketones (excluding diaryl/α,β-unsaturated/α-hetero) is 1. The highest BCUT2D eigenvalue weighted by Gasteiger charge is 2.54. The predicted octanol–water partition coefficient (Wildman–Crippen LogP) is 3.93. The van der Waals surface area contributed by atoms with E-state index in [-0.39, 0.29) is 9.65 Å². The van der Waals surface area contributed by atoms with Crippen LogP contribution in [0.25, 0.3) is 0 Å². The molecule has 0 aliphatic heterocycles. The van der Waals surface area contributed by atoms with E-state index in [4.69, 9.17) is 0 Å². The summed E-state index contributed by atoms with van der Waals surface area (Å²) >= 11 is 7.18. The lowest BCUT2D eigenvalue weighted by molar-refractivity contribution is -0.125. The highest BCUT2D eigenvalue weighted by Crippen LogP contribution is 2.57. The zero-order valence-corrected chi connectivity index (χ0v) is 12.5. The first-order chi connectivity index (χ1) is 7.00. The first kappa shape index (κ1) is 12.1. The minimum absolute atomic E-state index is 0.0520. The Balaban J connectivity index is 2.33. The smallest absolute Gasteiger partial charge is 0.160 e. The highest BCUT2D eigenvalue weighted by molar-refractivity contribution is 9.10. The van der Waals surface area contributed by atoms with Crippen molar-refractivity contribution in [1.29, 1.82) is 0 Å². The van der Waals surface area contributed by atoms with Gasteiger partial charge in [0.25, 0.3) is 0 Å². The lowest BCUT2D eigenvalue weighted by Crippen LogP contribution is -2.52. The summed E-state index contributed by atoms with van der Waals surface area (Å²) in [6.07, 6.45) is 5.27. The molecule has 0 saturated heterocycles. The Morgan fingerprint density at radius 3 is 1.87 bits per heavy atom. The van der Waals surface area contributed by atoms with Gasteiger partial charge in [0, 0.05) is 0 Å². The van der Waals surface area contributed by atoms with Crippen LogP contribution in [0.1, 0.15) is 39.5 Å². The summed E-state index contributed by atoms with van der Waals surface area (Å²) in [5.74, 6) is 1.31. The average molecular weight is 338 g/mol. The topological polar surface area (TPSA) is 17.1 Å². The van der Waals surface area contributed by atoms with Gasteiger partial charge in [0.2, 0.25) is 0 Å². The second-order valence-corrected chi connectivity index (χ2v) is 7.20. The number of hydrogen-bond donors (Lipinski definition) is 0. The molecule has 2 fully saturated rings. The molecule has 0 aromatic rings. The van der Waals surface area contributed by atoms with Crippen molar-refractivity contribution in [1.82, 2.24) is 0 Å². The van der Waals surface area contributed by atoms with Crippen molar-refractivity contribution in [3.63, 3.8) is 0 Å². The third-order valence-corrected chi connectivity index (χ3v) is 7.26. The van der Waals surface area contributed by atoms with E-state index in [0.29, 0.717) is 23.0 Å². The molecule has 1 spiro atoms. The van der Waals surface area contributed by atoms with Crippen molar-refractivity contribution in [2.45, 2.75) is 49.2 Å². The molecule has 2 aliphatic carbocycles. The Morgan fingerprint density at radius 2 is 1.47 bits per heavy atom. The van der Waals surface area contributed by atoms with Crippen molar-refractivity contribution in [3.05, 3.63) is 0 Å².